The number of rotatable bonds is 49. The summed E-state index contributed by atoms with van der Waals surface area (Å²) < 4.78 is 35.3. The third-order valence-corrected chi connectivity index (χ3v) is 11.3. The summed E-state index contributed by atoms with van der Waals surface area (Å²) in [6.07, 6.45) is 18.9. The van der Waals surface area contributed by atoms with Gasteiger partial charge in [-0.3, -0.25) is 4.90 Å². The number of hydrogen-bond donors (Lipinski definition) is 4. The Bertz CT molecular complexity index is 945. The van der Waals surface area contributed by atoms with Gasteiger partial charge in [-0.05, 0) is 80.7 Å². The number of hydrogen-bond acceptors (Lipinski definition) is 13. The van der Waals surface area contributed by atoms with Crippen LogP contribution in [-0.4, -0.2) is 197 Å². The van der Waals surface area contributed by atoms with E-state index in [0.717, 1.165) is 45.3 Å². The maximum atomic E-state index is 11.0. The van der Waals surface area contributed by atoms with Crippen molar-refractivity contribution >= 4 is 0 Å². The molecule has 8 atom stereocenters. The maximum absolute atomic E-state index is 11.0. The van der Waals surface area contributed by atoms with Gasteiger partial charge in [-0.25, -0.2) is 0 Å². The van der Waals surface area contributed by atoms with Gasteiger partial charge in [0.05, 0.1) is 102 Å². The van der Waals surface area contributed by atoms with Crippen molar-refractivity contribution in [2.75, 3.05) is 113 Å². The Morgan fingerprint density at radius 2 is 0.619 bits per heavy atom. The van der Waals surface area contributed by atoms with Crippen LogP contribution < -0.4 is 0 Å². The van der Waals surface area contributed by atoms with Crippen LogP contribution in [0.25, 0.3) is 0 Å². The Hall–Kier alpha value is -0.520. The van der Waals surface area contributed by atoms with Gasteiger partial charge in [0.15, 0.2) is 0 Å². The molecule has 8 unspecified atom stereocenters. The number of unbranched alkanes of at least 4 members (excludes halogenated alkanes) is 15. The van der Waals surface area contributed by atoms with Gasteiger partial charge < -0.3 is 58.6 Å². The van der Waals surface area contributed by atoms with Crippen LogP contribution in [0.3, 0.4) is 0 Å². The third-order valence-electron chi connectivity index (χ3n) is 11.3. The lowest BCUT2D eigenvalue weighted by atomic mass is 10.1. The molecular weight excluding hydrogens is 803 g/mol. The number of aliphatic hydroxyl groups is 4. The van der Waals surface area contributed by atoms with Crippen LogP contribution in [-0.2, 0) is 28.4 Å². The van der Waals surface area contributed by atoms with E-state index in [0.29, 0.717) is 52.6 Å². The van der Waals surface area contributed by atoms with Gasteiger partial charge in [0, 0.05) is 26.2 Å². The average Bonchev–Trinajstić information content (AvgIpc) is 3.24. The number of likely N-dealkylation sites (N-methyl/N-ethyl adjacent to an activating group) is 2. The maximum Gasteiger partial charge on any atom is 0.0900 e. The summed E-state index contributed by atoms with van der Waals surface area (Å²) in [5, 5.41) is 42.8. The van der Waals surface area contributed by atoms with Crippen molar-refractivity contribution in [2.45, 2.75) is 213 Å². The first-order valence-corrected chi connectivity index (χ1v) is 25.7. The summed E-state index contributed by atoms with van der Waals surface area (Å²) >= 11 is 0. The van der Waals surface area contributed by atoms with E-state index in [4.69, 9.17) is 28.4 Å². The first kappa shape index (κ1) is 62.5. The molecule has 13 heteroatoms. The predicted molar refractivity (Wildman–Crippen MR) is 259 cm³/mol. The molecule has 0 aliphatic rings. The normalized spacial score (nSPS) is 16.2. The Balaban J connectivity index is 4.46. The van der Waals surface area contributed by atoms with Gasteiger partial charge in [-0.1, -0.05) is 117 Å². The van der Waals surface area contributed by atoms with Gasteiger partial charge in [-0.15, -0.1) is 0 Å². The molecule has 0 saturated carbocycles. The van der Waals surface area contributed by atoms with Gasteiger partial charge in [-0.2, -0.15) is 0 Å². The zero-order valence-electron chi connectivity index (χ0n) is 42.5. The standard InChI is InChI=1S/C50H105N3O10/c1-10-13-16-19-22-25-28-51(8)31-47(54)39-58-35-43(4)61-38-46(7)63-42-50(57)34-53(30-27-24-21-18-15-12-3)33-49(56)40-59-36-44(5)60-37-45(6)62-41-48(55)32-52(9)29-26-23-20-17-14-11-2/h43-50,54-57H,10-42H2,1-9H3. The largest absolute Gasteiger partial charge is 0.389 e. The molecule has 0 radical (unpaired) electrons. The first-order chi connectivity index (χ1) is 30.3. The molecule has 0 rings (SSSR count). The number of ether oxygens (including phenoxy) is 6. The molecule has 0 aliphatic heterocycles. The fourth-order valence-electron chi connectivity index (χ4n) is 7.49. The van der Waals surface area contributed by atoms with Crippen LogP contribution in [0, 0.1) is 0 Å². The van der Waals surface area contributed by atoms with E-state index in [1.54, 1.807) is 0 Å². The summed E-state index contributed by atoms with van der Waals surface area (Å²) in [4.78, 5) is 6.47. The summed E-state index contributed by atoms with van der Waals surface area (Å²) in [5.74, 6) is 0. The minimum atomic E-state index is -0.716. The lowest BCUT2D eigenvalue weighted by molar-refractivity contribution is -0.0854. The molecular formula is C50H105N3O10. The van der Waals surface area contributed by atoms with E-state index in [2.05, 4.69) is 49.6 Å². The quantitative estimate of drug-likeness (QED) is 0.0453. The first-order valence-electron chi connectivity index (χ1n) is 25.7. The van der Waals surface area contributed by atoms with E-state index < -0.39 is 24.4 Å². The van der Waals surface area contributed by atoms with Crippen LogP contribution in [0.4, 0.5) is 0 Å². The number of aliphatic hydroxyl groups excluding tert-OH is 4. The molecule has 0 fully saturated rings. The Morgan fingerprint density at radius 1 is 0.333 bits per heavy atom. The van der Waals surface area contributed by atoms with Crippen molar-refractivity contribution in [3.05, 3.63) is 0 Å². The van der Waals surface area contributed by atoms with Gasteiger partial charge >= 0.3 is 0 Å². The monoisotopic (exact) mass is 908 g/mol. The van der Waals surface area contributed by atoms with Crippen LogP contribution in [0.5, 0.6) is 0 Å². The zero-order valence-corrected chi connectivity index (χ0v) is 42.5. The molecule has 0 saturated heterocycles. The van der Waals surface area contributed by atoms with Crippen molar-refractivity contribution < 1.29 is 48.8 Å². The van der Waals surface area contributed by atoms with Crippen molar-refractivity contribution in [3.8, 4) is 0 Å². The highest BCUT2D eigenvalue weighted by Crippen LogP contribution is 2.10. The molecule has 0 aromatic carbocycles. The lowest BCUT2D eigenvalue weighted by Crippen LogP contribution is -2.42. The van der Waals surface area contributed by atoms with Crippen LogP contribution in [0.2, 0.25) is 0 Å². The average molecular weight is 908 g/mol. The summed E-state index contributed by atoms with van der Waals surface area (Å²) in [6, 6.07) is 0. The van der Waals surface area contributed by atoms with E-state index in [1.165, 1.54) is 89.9 Å². The third kappa shape index (κ3) is 42.6. The summed E-state index contributed by atoms with van der Waals surface area (Å²) in [5.41, 5.74) is 0. The molecule has 380 valence electrons. The fraction of sp³-hybridized carbons (Fsp3) is 1.00. The second kappa shape index (κ2) is 44.0. The molecule has 0 spiro atoms. The van der Waals surface area contributed by atoms with Crippen molar-refractivity contribution in [3.63, 3.8) is 0 Å². The SMILES string of the molecule is CCCCCCCCN(C)CC(O)COCC(C)OCC(C)OCC(O)CN(CCCCCCCC)CC(O)COCC(C)OCC(C)OCC(O)CN(C)CCCCCCCC. The molecule has 4 N–H and O–H groups in total. The smallest absolute Gasteiger partial charge is 0.0900 e. The second-order valence-electron chi connectivity index (χ2n) is 18.9. The molecule has 0 aromatic heterocycles. The molecule has 0 amide bonds. The molecule has 0 heterocycles. The van der Waals surface area contributed by atoms with E-state index in [1.807, 2.05) is 27.7 Å². The van der Waals surface area contributed by atoms with Crippen LogP contribution >= 0.6 is 0 Å². The zero-order chi connectivity index (χ0) is 46.9. The van der Waals surface area contributed by atoms with E-state index in [9.17, 15) is 20.4 Å². The lowest BCUT2D eigenvalue weighted by Gasteiger charge is -2.28. The van der Waals surface area contributed by atoms with Crippen LogP contribution in [0.15, 0.2) is 0 Å². The topological polar surface area (TPSA) is 146 Å². The van der Waals surface area contributed by atoms with Gasteiger partial charge in [0.1, 0.15) is 0 Å². The second-order valence-corrected chi connectivity index (χ2v) is 18.9. The van der Waals surface area contributed by atoms with E-state index >= 15 is 0 Å². The molecule has 0 aliphatic carbocycles. The molecule has 0 bridgehead atoms. The minimum absolute atomic E-state index is 0.153. The minimum Gasteiger partial charge on any atom is -0.389 e. The Labute approximate surface area is 388 Å². The Kier molecular flexibility index (Phi) is 43.7. The Morgan fingerprint density at radius 3 is 1.02 bits per heavy atom. The highest BCUT2D eigenvalue weighted by atomic mass is 16.6. The van der Waals surface area contributed by atoms with Gasteiger partial charge in [0.2, 0.25) is 0 Å². The molecule has 63 heavy (non-hydrogen) atoms. The highest BCUT2D eigenvalue weighted by molar-refractivity contribution is 4.71. The van der Waals surface area contributed by atoms with Crippen LogP contribution in [0.1, 0.15) is 164 Å². The number of nitrogens with zero attached hydrogens (tertiary/aromatic N) is 3. The van der Waals surface area contributed by atoms with Gasteiger partial charge in [0.25, 0.3) is 0 Å². The summed E-state index contributed by atoms with van der Waals surface area (Å²) in [7, 11) is 4.11. The van der Waals surface area contributed by atoms with E-state index in [-0.39, 0.29) is 50.8 Å². The van der Waals surface area contributed by atoms with Crippen molar-refractivity contribution in [1.82, 2.24) is 14.7 Å². The van der Waals surface area contributed by atoms with Crippen molar-refractivity contribution in [1.29, 1.82) is 0 Å². The fourth-order valence-corrected chi connectivity index (χ4v) is 7.49. The summed E-state index contributed by atoms with van der Waals surface area (Å²) in [6.45, 7) is 21.5. The predicted octanol–water partition coefficient (Wildman–Crippen LogP) is 7.33. The molecule has 13 nitrogen and oxygen atoms in total. The highest BCUT2D eigenvalue weighted by Gasteiger charge is 2.19. The van der Waals surface area contributed by atoms with Crippen molar-refractivity contribution in [2.24, 2.45) is 0 Å². The molecule has 0 aromatic rings.